The van der Waals surface area contributed by atoms with Gasteiger partial charge in [0, 0.05) is 35.6 Å². The molecule has 1 amide bonds. The maximum Gasteiger partial charge on any atom is 0.246 e. The number of carbonyl (C=O) groups excluding carboxylic acids is 1. The molecule has 0 N–H and O–H groups in total. The molecular formula is C23H24BrFN2O. The van der Waals surface area contributed by atoms with E-state index >= 15 is 0 Å². The van der Waals surface area contributed by atoms with Crippen LogP contribution in [0.15, 0.2) is 59.1 Å². The van der Waals surface area contributed by atoms with Crippen molar-refractivity contribution >= 4 is 27.9 Å². The number of likely N-dealkylation sites (tertiary alicyclic amines) is 2. The van der Waals surface area contributed by atoms with Crippen LogP contribution >= 0.6 is 15.9 Å². The molecule has 146 valence electrons. The zero-order chi connectivity index (χ0) is 19.6. The minimum absolute atomic E-state index is 0.0993. The number of hydrogen-bond donors (Lipinski definition) is 0. The number of piperidine rings is 1. The van der Waals surface area contributed by atoms with Gasteiger partial charge in [0.2, 0.25) is 5.91 Å². The first-order chi connectivity index (χ1) is 13.5. The van der Waals surface area contributed by atoms with E-state index in [9.17, 15) is 9.18 Å². The molecule has 0 aliphatic carbocycles. The van der Waals surface area contributed by atoms with E-state index in [1.165, 1.54) is 12.1 Å². The molecule has 3 nitrogen and oxygen atoms in total. The van der Waals surface area contributed by atoms with Gasteiger partial charge in [-0.1, -0.05) is 40.2 Å². The summed E-state index contributed by atoms with van der Waals surface area (Å²) in [6.07, 6.45) is 5.80. The first-order valence-corrected chi connectivity index (χ1v) is 10.5. The Labute approximate surface area is 174 Å². The lowest BCUT2D eigenvalue weighted by atomic mass is 9.72. The van der Waals surface area contributed by atoms with E-state index in [1.807, 2.05) is 47.4 Å². The Kier molecular flexibility index (Phi) is 5.65. The van der Waals surface area contributed by atoms with E-state index in [1.54, 1.807) is 6.08 Å². The molecule has 2 aliphatic heterocycles. The fourth-order valence-corrected chi connectivity index (χ4v) is 4.38. The molecule has 2 aromatic carbocycles. The summed E-state index contributed by atoms with van der Waals surface area (Å²) in [5.41, 5.74) is 2.47. The SMILES string of the molecule is O=C(/C=C/c1ccc(Br)cc1)N1CC2(CCN(Cc3ccc(F)cc3)CC2)C1. The fourth-order valence-electron chi connectivity index (χ4n) is 4.12. The molecule has 2 aromatic rings. The second-order valence-corrected chi connectivity index (χ2v) is 8.90. The summed E-state index contributed by atoms with van der Waals surface area (Å²) >= 11 is 3.42. The van der Waals surface area contributed by atoms with Gasteiger partial charge < -0.3 is 4.90 Å². The Bertz CT molecular complexity index is 847. The highest BCUT2D eigenvalue weighted by Gasteiger charge is 2.46. The molecule has 5 heteroatoms. The molecular weight excluding hydrogens is 419 g/mol. The lowest BCUT2D eigenvalue weighted by Gasteiger charge is -2.53. The van der Waals surface area contributed by atoms with Crippen molar-refractivity contribution in [2.24, 2.45) is 5.41 Å². The first-order valence-electron chi connectivity index (χ1n) is 9.71. The second-order valence-electron chi connectivity index (χ2n) is 7.98. The molecule has 2 aliphatic rings. The summed E-state index contributed by atoms with van der Waals surface area (Å²) in [5, 5.41) is 0. The van der Waals surface area contributed by atoms with Crippen LogP contribution in [-0.2, 0) is 11.3 Å². The number of hydrogen-bond acceptors (Lipinski definition) is 2. The van der Waals surface area contributed by atoms with Crippen LogP contribution in [0.1, 0.15) is 24.0 Å². The van der Waals surface area contributed by atoms with E-state index in [0.717, 1.165) is 61.2 Å². The van der Waals surface area contributed by atoms with Crippen molar-refractivity contribution in [1.82, 2.24) is 9.80 Å². The van der Waals surface area contributed by atoms with Crippen LogP contribution in [0.4, 0.5) is 4.39 Å². The minimum atomic E-state index is -0.185. The number of benzene rings is 2. The largest absolute Gasteiger partial charge is 0.338 e. The van der Waals surface area contributed by atoms with Gasteiger partial charge in [0.1, 0.15) is 5.82 Å². The predicted octanol–water partition coefficient (Wildman–Crippen LogP) is 4.73. The number of carbonyl (C=O) groups is 1. The Hall–Kier alpha value is -1.98. The van der Waals surface area contributed by atoms with Gasteiger partial charge in [-0.2, -0.15) is 0 Å². The van der Waals surface area contributed by atoms with Crippen molar-refractivity contribution in [3.05, 3.63) is 76.0 Å². The lowest BCUT2D eigenvalue weighted by Crippen LogP contribution is -2.61. The molecule has 2 fully saturated rings. The highest BCUT2D eigenvalue weighted by atomic mass is 79.9. The Morgan fingerprint density at radius 3 is 2.32 bits per heavy atom. The van der Waals surface area contributed by atoms with Gasteiger partial charge in [0.25, 0.3) is 0 Å². The van der Waals surface area contributed by atoms with Crippen LogP contribution in [-0.4, -0.2) is 41.9 Å². The van der Waals surface area contributed by atoms with E-state index in [0.29, 0.717) is 5.41 Å². The summed E-state index contributed by atoms with van der Waals surface area (Å²) < 4.78 is 14.1. The highest BCUT2D eigenvalue weighted by molar-refractivity contribution is 9.10. The van der Waals surface area contributed by atoms with Crippen LogP contribution in [0.2, 0.25) is 0 Å². The van der Waals surface area contributed by atoms with Gasteiger partial charge >= 0.3 is 0 Å². The minimum Gasteiger partial charge on any atom is -0.338 e. The summed E-state index contributed by atoms with van der Waals surface area (Å²) in [7, 11) is 0. The van der Waals surface area contributed by atoms with Crippen LogP contribution in [0.3, 0.4) is 0 Å². The van der Waals surface area contributed by atoms with Crippen LogP contribution < -0.4 is 0 Å². The zero-order valence-corrected chi connectivity index (χ0v) is 17.4. The smallest absolute Gasteiger partial charge is 0.246 e. The van der Waals surface area contributed by atoms with Crippen molar-refractivity contribution in [3.8, 4) is 0 Å². The molecule has 4 rings (SSSR count). The monoisotopic (exact) mass is 442 g/mol. The zero-order valence-electron chi connectivity index (χ0n) is 15.8. The van der Waals surface area contributed by atoms with Crippen molar-refractivity contribution in [2.45, 2.75) is 19.4 Å². The van der Waals surface area contributed by atoms with E-state index in [4.69, 9.17) is 0 Å². The van der Waals surface area contributed by atoms with Crippen molar-refractivity contribution in [1.29, 1.82) is 0 Å². The average Bonchev–Trinajstić information content (AvgIpc) is 2.68. The normalized spacial score (nSPS) is 19.1. The molecule has 0 aromatic heterocycles. The quantitative estimate of drug-likeness (QED) is 0.639. The molecule has 0 atom stereocenters. The molecule has 0 unspecified atom stereocenters. The maximum absolute atomic E-state index is 13.0. The topological polar surface area (TPSA) is 23.6 Å². The summed E-state index contributed by atoms with van der Waals surface area (Å²) in [6, 6.07) is 14.7. The highest BCUT2D eigenvalue weighted by Crippen LogP contribution is 2.40. The average molecular weight is 443 g/mol. The van der Waals surface area contributed by atoms with Crippen molar-refractivity contribution in [2.75, 3.05) is 26.2 Å². The predicted molar refractivity (Wildman–Crippen MR) is 113 cm³/mol. The van der Waals surface area contributed by atoms with Gasteiger partial charge in [-0.15, -0.1) is 0 Å². The molecule has 0 bridgehead atoms. The molecule has 28 heavy (non-hydrogen) atoms. The van der Waals surface area contributed by atoms with E-state index < -0.39 is 0 Å². The fraction of sp³-hybridized carbons (Fsp3) is 0.348. The lowest BCUT2D eigenvalue weighted by molar-refractivity contribution is -0.141. The first kappa shape index (κ1) is 19.3. The summed E-state index contributed by atoms with van der Waals surface area (Å²) in [5.74, 6) is -0.0861. The third-order valence-electron chi connectivity index (χ3n) is 5.89. The van der Waals surface area contributed by atoms with Crippen molar-refractivity contribution in [3.63, 3.8) is 0 Å². The molecule has 0 saturated carbocycles. The number of amides is 1. The van der Waals surface area contributed by atoms with Gasteiger partial charge in [-0.25, -0.2) is 4.39 Å². The molecule has 2 saturated heterocycles. The van der Waals surface area contributed by atoms with Crippen molar-refractivity contribution < 1.29 is 9.18 Å². The summed E-state index contributed by atoms with van der Waals surface area (Å²) in [6.45, 7) is 4.67. The number of nitrogens with zero attached hydrogens (tertiary/aromatic N) is 2. The van der Waals surface area contributed by atoms with Gasteiger partial charge in [-0.05, 0) is 67.4 Å². The van der Waals surface area contributed by atoms with Crippen LogP contribution in [0.25, 0.3) is 6.08 Å². The van der Waals surface area contributed by atoms with Gasteiger partial charge in [0.05, 0.1) is 0 Å². The standard InChI is InChI=1S/C23H24BrFN2O/c24-20-6-1-18(2-7-20)5-10-22(28)27-16-23(17-27)11-13-26(14-12-23)15-19-3-8-21(25)9-4-19/h1-10H,11-17H2/b10-5+. The van der Waals surface area contributed by atoms with Crippen LogP contribution in [0.5, 0.6) is 0 Å². The molecule has 0 radical (unpaired) electrons. The van der Waals surface area contributed by atoms with E-state index in [-0.39, 0.29) is 11.7 Å². The van der Waals surface area contributed by atoms with Gasteiger partial charge in [-0.3, -0.25) is 9.69 Å². The molecule has 2 heterocycles. The Balaban J connectivity index is 1.24. The second kappa shape index (κ2) is 8.18. The third-order valence-corrected chi connectivity index (χ3v) is 6.42. The summed E-state index contributed by atoms with van der Waals surface area (Å²) in [4.78, 5) is 16.8. The Morgan fingerprint density at radius 1 is 1.04 bits per heavy atom. The molecule has 1 spiro atoms. The third kappa shape index (κ3) is 4.53. The maximum atomic E-state index is 13.0. The number of halogens is 2. The Morgan fingerprint density at radius 2 is 1.68 bits per heavy atom. The number of rotatable bonds is 4. The van der Waals surface area contributed by atoms with Crippen LogP contribution in [0, 0.1) is 11.2 Å². The van der Waals surface area contributed by atoms with E-state index in [2.05, 4.69) is 20.8 Å². The van der Waals surface area contributed by atoms with Gasteiger partial charge in [0.15, 0.2) is 0 Å².